The predicted molar refractivity (Wildman–Crippen MR) is 87.3 cm³/mol. The number of amides is 2. The Kier molecular flexibility index (Phi) is 5.97. The normalized spacial score (nSPS) is 25.9. The Morgan fingerprint density at radius 2 is 1.95 bits per heavy atom. The summed E-state index contributed by atoms with van der Waals surface area (Å²) >= 11 is 1.87. The standard InChI is InChI=1S/C16H28N2O2S/c1-12(2)14-16(20)17-10-7-8-13(17)15(19)18(14)9-5-4-6-11-21-3/h12-14H,4-11H2,1-3H3. The number of fused-ring (bicyclic) bond motifs is 1. The summed E-state index contributed by atoms with van der Waals surface area (Å²) in [5.74, 6) is 1.73. The maximum atomic E-state index is 12.7. The van der Waals surface area contributed by atoms with E-state index in [-0.39, 0.29) is 29.8 Å². The third-order valence-electron chi connectivity index (χ3n) is 4.57. The highest BCUT2D eigenvalue weighted by Gasteiger charge is 2.48. The molecule has 0 aliphatic carbocycles. The van der Waals surface area contributed by atoms with E-state index in [0.29, 0.717) is 0 Å². The lowest BCUT2D eigenvalue weighted by atomic mass is 9.95. The second-order valence-corrected chi connectivity index (χ2v) is 7.45. The van der Waals surface area contributed by atoms with E-state index in [9.17, 15) is 9.59 Å². The number of carbonyl (C=O) groups is 2. The van der Waals surface area contributed by atoms with E-state index in [1.165, 1.54) is 12.2 Å². The van der Waals surface area contributed by atoms with Gasteiger partial charge < -0.3 is 9.80 Å². The molecule has 2 aliphatic heterocycles. The number of thioether (sulfide) groups is 1. The van der Waals surface area contributed by atoms with Crippen LogP contribution in [-0.4, -0.2) is 58.8 Å². The Hall–Kier alpha value is -0.710. The van der Waals surface area contributed by atoms with E-state index in [1.807, 2.05) is 35.4 Å². The maximum absolute atomic E-state index is 12.7. The molecule has 21 heavy (non-hydrogen) atoms. The van der Waals surface area contributed by atoms with Gasteiger partial charge >= 0.3 is 0 Å². The Morgan fingerprint density at radius 3 is 2.62 bits per heavy atom. The molecular formula is C16H28N2O2S. The Balaban J connectivity index is 2.01. The van der Waals surface area contributed by atoms with Crippen LogP contribution in [-0.2, 0) is 9.59 Å². The number of hydrogen-bond donors (Lipinski definition) is 0. The van der Waals surface area contributed by atoms with Crippen molar-refractivity contribution in [3.8, 4) is 0 Å². The van der Waals surface area contributed by atoms with E-state index < -0.39 is 0 Å². The van der Waals surface area contributed by atoms with Crippen LogP contribution in [0.2, 0.25) is 0 Å². The van der Waals surface area contributed by atoms with E-state index in [0.717, 1.165) is 38.8 Å². The van der Waals surface area contributed by atoms with E-state index in [4.69, 9.17) is 0 Å². The van der Waals surface area contributed by atoms with Crippen LogP contribution in [0.5, 0.6) is 0 Å². The lowest BCUT2D eigenvalue weighted by Crippen LogP contribution is -2.64. The molecule has 120 valence electrons. The monoisotopic (exact) mass is 312 g/mol. The molecule has 2 unspecified atom stereocenters. The summed E-state index contributed by atoms with van der Waals surface area (Å²) in [6.07, 6.45) is 7.27. The first kappa shape index (κ1) is 16.7. The molecule has 0 saturated carbocycles. The quantitative estimate of drug-likeness (QED) is 0.678. The first-order valence-corrected chi connectivity index (χ1v) is 9.57. The lowest BCUT2D eigenvalue weighted by molar-refractivity contribution is -0.161. The second-order valence-electron chi connectivity index (χ2n) is 6.46. The van der Waals surface area contributed by atoms with Gasteiger partial charge in [-0.25, -0.2) is 0 Å². The molecule has 2 fully saturated rings. The van der Waals surface area contributed by atoms with Crippen molar-refractivity contribution in [2.75, 3.05) is 25.1 Å². The number of rotatable bonds is 7. The highest BCUT2D eigenvalue weighted by molar-refractivity contribution is 7.98. The summed E-state index contributed by atoms with van der Waals surface area (Å²) in [5.41, 5.74) is 0. The van der Waals surface area contributed by atoms with E-state index >= 15 is 0 Å². The maximum Gasteiger partial charge on any atom is 0.246 e. The zero-order valence-electron chi connectivity index (χ0n) is 13.5. The molecule has 0 spiro atoms. The highest BCUT2D eigenvalue weighted by Crippen LogP contribution is 2.30. The molecule has 5 heteroatoms. The smallest absolute Gasteiger partial charge is 0.246 e. The van der Waals surface area contributed by atoms with Crippen LogP contribution in [0, 0.1) is 5.92 Å². The SMILES string of the molecule is CSCCCCCN1C(=O)C2CCCN2C(=O)C1C(C)C. The van der Waals surface area contributed by atoms with Gasteiger partial charge in [-0.05, 0) is 43.6 Å². The summed E-state index contributed by atoms with van der Waals surface area (Å²) in [4.78, 5) is 29.1. The van der Waals surface area contributed by atoms with Crippen LogP contribution in [0.4, 0.5) is 0 Å². The molecular weight excluding hydrogens is 284 g/mol. The number of nitrogens with zero attached hydrogens (tertiary/aromatic N) is 2. The summed E-state index contributed by atoms with van der Waals surface area (Å²) in [6.45, 7) is 5.60. The topological polar surface area (TPSA) is 40.6 Å². The van der Waals surface area contributed by atoms with Gasteiger partial charge in [-0.15, -0.1) is 0 Å². The van der Waals surface area contributed by atoms with Crippen molar-refractivity contribution in [2.24, 2.45) is 5.92 Å². The molecule has 2 aliphatic rings. The zero-order chi connectivity index (χ0) is 15.4. The fourth-order valence-corrected chi connectivity index (χ4v) is 4.01. The second kappa shape index (κ2) is 7.52. The van der Waals surface area contributed by atoms with Gasteiger partial charge in [0, 0.05) is 13.1 Å². The van der Waals surface area contributed by atoms with Crippen LogP contribution in [0.25, 0.3) is 0 Å². The van der Waals surface area contributed by atoms with Crippen LogP contribution in [0.3, 0.4) is 0 Å². The van der Waals surface area contributed by atoms with Crippen molar-refractivity contribution in [2.45, 2.75) is 58.0 Å². The number of carbonyl (C=O) groups excluding carboxylic acids is 2. The van der Waals surface area contributed by atoms with Crippen molar-refractivity contribution in [3.63, 3.8) is 0 Å². The summed E-state index contributed by atoms with van der Waals surface area (Å²) in [6, 6.07) is -0.411. The number of unbranched alkanes of at least 4 members (excludes halogenated alkanes) is 2. The molecule has 2 rings (SSSR count). The fourth-order valence-electron chi connectivity index (χ4n) is 3.52. The zero-order valence-corrected chi connectivity index (χ0v) is 14.3. The van der Waals surface area contributed by atoms with Gasteiger partial charge in [-0.3, -0.25) is 9.59 Å². The van der Waals surface area contributed by atoms with Gasteiger partial charge in [0.05, 0.1) is 0 Å². The van der Waals surface area contributed by atoms with Gasteiger partial charge in [0.1, 0.15) is 12.1 Å². The molecule has 2 saturated heterocycles. The predicted octanol–water partition coefficient (Wildman–Crippen LogP) is 2.38. The molecule has 2 amide bonds. The van der Waals surface area contributed by atoms with Crippen LogP contribution >= 0.6 is 11.8 Å². The average Bonchev–Trinajstić information content (AvgIpc) is 2.93. The van der Waals surface area contributed by atoms with Crippen molar-refractivity contribution >= 4 is 23.6 Å². The molecule has 0 aromatic carbocycles. The minimum absolute atomic E-state index is 0.168. The molecule has 0 N–H and O–H groups in total. The lowest BCUT2D eigenvalue weighted by Gasteiger charge is -2.44. The van der Waals surface area contributed by atoms with Gasteiger partial charge in [0.15, 0.2) is 0 Å². The minimum atomic E-state index is -0.243. The van der Waals surface area contributed by atoms with Crippen LogP contribution in [0.1, 0.15) is 46.0 Å². The first-order chi connectivity index (χ1) is 10.1. The highest BCUT2D eigenvalue weighted by atomic mass is 32.2. The van der Waals surface area contributed by atoms with Crippen LogP contribution < -0.4 is 0 Å². The number of hydrogen-bond acceptors (Lipinski definition) is 3. The van der Waals surface area contributed by atoms with Crippen molar-refractivity contribution < 1.29 is 9.59 Å². The summed E-state index contributed by atoms with van der Waals surface area (Å²) < 4.78 is 0. The fraction of sp³-hybridized carbons (Fsp3) is 0.875. The first-order valence-electron chi connectivity index (χ1n) is 8.17. The van der Waals surface area contributed by atoms with Gasteiger partial charge in [0.2, 0.25) is 11.8 Å². The van der Waals surface area contributed by atoms with Gasteiger partial charge in [0.25, 0.3) is 0 Å². The van der Waals surface area contributed by atoms with Crippen molar-refractivity contribution in [1.82, 2.24) is 9.80 Å². The Bertz CT molecular complexity index is 386. The molecule has 2 atom stereocenters. The van der Waals surface area contributed by atoms with Gasteiger partial charge in [-0.2, -0.15) is 11.8 Å². The molecule has 0 aromatic heterocycles. The molecule has 0 bridgehead atoms. The molecule has 2 heterocycles. The Morgan fingerprint density at radius 1 is 1.19 bits per heavy atom. The van der Waals surface area contributed by atoms with Crippen molar-refractivity contribution in [3.05, 3.63) is 0 Å². The average molecular weight is 312 g/mol. The summed E-state index contributed by atoms with van der Waals surface area (Å²) in [5, 5.41) is 0. The third kappa shape index (κ3) is 3.55. The van der Waals surface area contributed by atoms with Gasteiger partial charge in [-0.1, -0.05) is 20.3 Å². The van der Waals surface area contributed by atoms with Crippen LogP contribution in [0.15, 0.2) is 0 Å². The molecule has 4 nitrogen and oxygen atoms in total. The van der Waals surface area contributed by atoms with E-state index in [1.54, 1.807) is 0 Å². The van der Waals surface area contributed by atoms with Crippen molar-refractivity contribution in [1.29, 1.82) is 0 Å². The Labute approximate surface area is 132 Å². The molecule has 0 aromatic rings. The molecule has 0 radical (unpaired) electrons. The van der Waals surface area contributed by atoms with E-state index in [2.05, 4.69) is 6.26 Å². The largest absolute Gasteiger partial charge is 0.329 e. The third-order valence-corrected chi connectivity index (χ3v) is 5.27. The minimum Gasteiger partial charge on any atom is -0.329 e. The summed E-state index contributed by atoms with van der Waals surface area (Å²) in [7, 11) is 0. The number of piperazine rings is 1.